The van der Waals surface area contributed by atoms with E-state index in [-0.39, 0.29) is 18.5 Å². The first-order valence-electron chi connectivity index (χ1n) is 5.24. The summed E-state index contributed by atoms with van der Waals surface area (Å²) in [6, 6.07) is 0. The molecule has 0 atom stereocenters. The fraction of sp³-hybridized carbons (Fsp3) is 0.800. The monoisotopic (exact) mass is 217 g/mol. The summed E-state index contributed by atoms with van der Waals surface area (Å²) >= 11 is 0. The molecule has 0 aromatic heterocycles. The Bertz CT molecular complexity index is 194. The summed E-state index contributed by atoms with van der Waals surface area (Å²) in [5.41, 5.74) is 0. The first-order chi connectivity index (χ1) is 7.20. The Kier molecular flexibility index (Phi) is 8.76. The minimum absolute atomic E-state index is 0.0241. The number of carbonyl (C=O) groups is 2. The smallest absolute Gasteiger partial charge is 0.305 e. The first kappa shape index (κ1) is 13.9. The van der Waals surface area contributed by atoms with E-state index in [1.54, 1.807) is 6.92 Å². The maximum atomic E-state index is 11.0. The van der Waals surface area contributed by atoms with Crippen LogP contribution >= 0.6 is 0 Å². The number of carbonyl (C=O) groups excluding carboxylic acids is 2. The van der Waals surface area contributed by atoms with Crippen molar-refractivity contribution in [2.45, 2.75) is 32.6 Å². The highest BCUT2D eigenvalue weighted by atomic mass is 16.5. The van der Waals surface area contributed by atoms with Crippen molar-refractivity contribution < 1.29 is 19.4 Å². The molecule has 0 heterocycles. The fourth-order valence-corrected chi connectivity index (χ4v) is 1.02. The van der Waals surface area contributed by atoms with Crippen molar-refractivity contribution in [2.75, 3.05) is 19.8 Å². The van der Waals surface area contributed by atoms with E-state index in [1.165, 1.54) is 0 Å². The topological polar surface area (TPSA) is 75.6 Å². The van der Waals surface area contributed by atoms with Gasteiger partial charge in [0.15, 0.2) is 0 Å². The van der Waals surface area contributed by atoms with Crippen LogP contribution in [0.1, 0.15) is 32.6 Å². The Balaban J connectivity index is 3.30. The number of ether oxygens (including phenoxy) is 1. The molecule has 0 aliphatic heterocycles. The number of hydrogen-bond acceptors (Lipinski definition) is 4. The molecular weight excluding hydrogens is 198 g/mol. The van der Waals surface area contributed by atoms with Crippen LogP contribution < -0.4 is 5.32 Å². The molecule has 15 heavy (non-hydrogen) atoms. The van der Waals surface area contributed by atoms with E-state index < -0.39 is 0 Å². The van der Waals surface area contributed by atoms with Crippen LogP contribution in [0.25, 0.3) is 0 Å². The molecule has 88 valence electrons. The molecule has 5 heteroatoms. The summed E-state index contributed by atoms with van der Waals surface area (Å²) in [7, 11) is 0. The molecule has 0 unspecified atom stereocenters. The van der Waals surface area contributed by atoms with Gasteiger partial charge in [-0.15, -0.1) is 0 Å². The Labute approximate surface area is 89.8 Å². The van der Waals surface area contributed by atoms with E-state index in [0.717, 1.165) is 0 Å². The van der Waals surface area contributed by atoms with Gasteiger partial charge in [0.05, 0.1) is 6.61 Å². The molecule has 0 saturated carbocycles. The standard InChI is InChI=1S/C10H19NO4/c1-2-15-10(14)6-3-7-11-9(13)5-4-8-12/h12H,2-8H2,1H3,(H,11,13). The van der Waals surface area contributed by atoms with E-state index in [0.29, 0.717) is 38.8 Å². The van der Waals surface area contributed by atoms with Gasteiger partial charge in [-0.1, -0.05) is 0 Å². The van der Waals surface area contributed by atoms with Gasteiger partial charge >= 0.3 is 5.97 Å². The van der Waals surface area contributed by atoms with Crippen molar-refractivity contribution in [1.29, 1.82) is 0 Å². The van der Waals surface area contributed by atoms with Gasteiger partial charge in [0.2, 0.25) is 5.91 Å². The molecule has 0 saturated heterocycles. The molecule has 0 aliphatic carbocycles. The maximum absolute atomic E-state index is 11.0. The van der Waals surface area contributed by atoms with Crippen LogP contribution in [0.5, 0.6) is 0 Å². The summed E-state index contributed by atoms with van der Waals surface area (Å²) in [5, 5.41) is 11.1. The zero-order valence-electron chi connectivity index (χ0n) is 9.12. The van der Waals surface area contributed by atoms with Crippen molar-refractivity contribution >= 4 is 11.9 Å². The number of esters is 1. The highest BCUT2D eigenvalue weighted by molar-refractivity contribution is 5.75. The van der Waals surface area contributed by atoms with E-state index in [2.05, 4.69) is 5.32 Å². The van der Waals surface area contributed by atoms with Crippen LogP contribution in [0.4, 0.5) is 0 Å². The number of aliphatic hydroxyl groups is 1. The molecular formula is C10H19NO4. The Morgan fingerprint density at radius 1 is 1.27 bits per heavy atom. The lowest BCUT2D eigenvalue weighted by Crippen LogP contribution is -2.24. The summed E-state index contributed by atoms with van der Waals surface area (Å²) in [6.07, 6.45) is 1.72. The largest absolute Gasteiger partial charge is 0.466 e. The van der Waals surface area contributed by atoms with E-state index in [9.17, 15) is 9.59 Å². The molecule has 0 radical (unpaired) electrons. The van der Waals surface area contributed by atoms with Crippen LogP contribution in [-0.2, 0) is 14.3 Å². The summed E-state index contributed by atoms with van der Waals surface area (Å²) < 4.78 is 4.73. The second-order valence-corrected chi connectivity index (χ2v) is 3.09. The van der Waals surface area contributed by atoms with Crippen molar-refractivity contribution in [1.82, 2.24) is 5.32 Å². The van der Waals surface area contributed by atoms with Crippen LogP contribution in [-0.4, -0.2) is 36.7 Å². The van der Waals surface area contributed by atoms with Crippen molar-refractivity contribution in [2.24, 2.45) is 0 Å². The molecule has 0 bridgehead atoms. The molecule has 0 fully saturated rings. The normalized spacial score (nSPS) is 9.73. The predicted molar refractivity (Wildman–Crippen MR) is 55.2 cm³/mol. The summed E-state index contributed by atoms with van der Waals surface area (Å²) in [6.45, 7) is 2.65. The molecule has 0 spiro atoms. The van der Waals surface area contributed by atoms with Gasteiger partial charge in [0.1, 0.15) is 0 Å². The van der Waals surface area contributed by atoms with E-state index >= 15 is 0 Å². The van der Waals surface area contributed by atoms with E-state index in [1.807, 2.05) is 0 Å². The summed E-state index contributed by atoms with van der Waals surface area (Å²) in [4.78, 5) is 21.9. The van der Waals surface area contributed by atoms with Gasteiger partial charge in [0, 0.05) is 26.0 Å². The minimum atomic E-state index is -0.234. The number of amides is 1. The molecule has 0 rings (SSSR count). The molecule has 5 nitrogen and oxygen atoms in total. The van der Waals surface area contributed by atoms with Crippen molar-refractivity contribution in [3.63, 3.8) is 0 Å². The van der Waals surface area contributed by atoms with Gasteiger partial charge in [-0.2, -0.15) is 0 Å². The Morgan fingerprint density at radius 2 is 2.00 bits per heavy atom. The molecule has 0 aliphatic rings. The third-order valence-electron chi connectivity index (χ3n) is 1.75. The third kappa shape index (κ3) is 9.21. The second-order valence-electron chi connectivity index (χ2n) is 3.09. The predicted octanol–water partition coefficient (Wildman–Crippen LogP) is 0.218. The zero-order chi connectivity index (χ0) is 11.5. The third-order valence-corrected chi connectivity index (χ3v) is 1.75. The Morgan fingerprint density at radius 3 is 2.60 bits per heavy atom. The first-order valence-corrected chi connectivity index (χ1v) is 5.24. The molecule has 1 amide bonds. The second kappa shape index (κ2) is 9.45. The number of hydrogen-bond donors (Lipinski definition) is 2. The van der Waals surface area contributed by atoms with Crippen LogP contribution in [0.2, 0.25) is 0 Å². The van der Waals surface area contributed by atoms with E-state index in [4.69, 9.17) is 9.84 Å². The number of rotatable bonds is 8. The van der Waals surface area contributed by atoms with Gasteiger partial charge in [-0.05, 0) is 19.8 Å². The lowest BCUT2D eigenvalue weighted by molar-refractivity contribution is -0.143. The Hall–Kier alpha value is -1.10. The number of nitrogens with one attached hydrogen (secondary N) is 1. The average Bonchev–Trinajstić information content (AvgIpc) is 2.22. The van der Waals surface area contributed by atoms with Gasteiger partial charge in [-0.25, -0.2) is 0 Å². The van der Waals surface area contributed by atoms with Gasteiger partial charge in [0.25, 0.3) is 0 Å². The maximum Gasteiger partial charge on any atom is 0.305 e. The van der Waals surface area contributed by atoms with Crippen molar-refractivity contribution in [3.05, 3.63) is 0 Å². The minimum Gasteiger partial charge on any atom is -0.466 e. The average molecular weight is 217 g/mol. The highest BCUT2D eigenvalue weighted by Crippen LogP contribution is 1.92. The van der Waals surface area contributed by atoms with Gasteiger partial charge < -0.3 is 15.2 Å². The fourth-order valence-electron chi connectivity index (χ4n) is 1.02. The summed E-state index contributed by atoms with van der Waals surface area (Å²) in [5.74, 6) is -0.324. The lowest BCUT2D eigenvalue weighted by atomic mass is 10.3. The molecule has 0 aromatic rings. The number of aliphatic hydroxyl groups excluding tert-OH is 1. The molecule has 0 aromatic carbocycles. The zero-order valence-corrected chi connectivity index (χ0v) is 9.12. The highest BCUT2D eigenvalue weighted by Gasteiger charge is 2.02. The molecule has 2 N–H and O–H groups in total. The van der Waals surface area contributed by atoms with Crippen LogP contribution in [0.15, 0.2) is 0 Å². The quantitative estimate of drug-likeness (QED) is 0.450. The van der Waals surface area contributed by atoms with Gasteiger partial charge in [-0.3, -0.25) is 9.59 Å². The SMILES string of the molecule is CCOC(=O)CCCNC(=O)CCCO. The van der Waals surface area contributed by atoms with Crippen LogP contribution in [0, 0.1) is 0 Å². The lowest BCUT2D eigenvalue weighted by Gasteiger charge is -2.04. The van der Waals surface area contributed by atoms with Crippen LogP contribution in [0.3, 0.4) is 0 Å². The van der Waals surface area contributed by atoms with Crippen molar-refractivity contribution in [3.8, 4) is 0 Å².